The Labute approximate surface area is 202 Å². The molecule has 0 aromatic heterocycles. The van der Waals surface area contributed by atoms with Crippen molar-refractivity contribution in [1.82, 2.24) is 10.0 Å². The van der Waals surface area contributed by atoms with Crippen LogP contribution in [0.4, 0.5) is 0 Å². The first kappa shape index (κ1) is 23.9. The molecular formula is C24H23ClN2O6S. The molecule has 3 aromatic carbocycles. The summed E-state index contributed by atoms with van der Waals surface area (Å²) >= 11 is 6.02. The van der Waals surface area contributed by atoms with E-state index in [1.807, 2.05) is 30.3 Å². The van der Waals surface area contributed by atoms with Crippen LogP contribution in [-0.4, -0.2) is 34.3 Å². The van der Waals surface area contributed by atoms with Crippen molar-refractivity contribution in [3.8, 4) is 17.2 Å². The largest absolute Gasteiger partial charge is 0.495 e. The van der Waals surface area contributed by atoms with E-state index in [1.165, 1.54) is 25.3 Å². The van der Waals surface area contributed by atoms with Crippen molar-refractivity contribution in [2.24, 2.45) is 0 Å². The van der Waals surface area contributed by atoms with Gasteiger partial charge in [-0.3, -0.25) is 4.79 Å². The Balaban J connectivity index is 1.55. The van der Waals surface area contributed by atoms with Gasteiger partial charge in [-0.25, -0.2) is 8.42 Å². The van der Waals surface area contributed by atoms with Gasteiger partial charge in [-0.15, -0.1) is 0 Å². The van der Waals surface area contributed by atoms with Crippen LogP contribution >= 0.6 is 11.6 Å². The second-order valence-electron chi connectivity index (χ2n) is 7.56. The highest BCUT2D eigenvalue weighted by Crippen LogP contribution is 2.32. The smallest absolute Gasteiger partial charge is 0.245 e. The molecular weight excluding hydrogens is 480 g/mol. The van der Waals surface area contributed by atoms with Gasteiger partial charge in [-0.05, 0) is 47.9 Å². The number of ether oxygens (including phenoxy) is 3. The summed E-state index contributed by atoms with van der Waals surface area (Å²) in [6.07, 6.45) is 0.149. The molecule has 0 saturated heterocycles. The van der Waals surface area contributed by atoms with Gasteiger partial charge in [0.15, 0.2) is 11.5 Å². The molecule has 1 aliphatic heterocycles. The number of fused-ring (bicyclic) bond motifs is 1. The zero-order valence-electron chi connectivity index (χ0n) is 18.3. The third kappa shape index (κ3) is 5.61. The molecule has 0 aliphatic carbocycles. The summed E-state index contributed by atoms with van der Waals surface area (Å²) < 4.78 is 44.8. The van der Waals surface area contributed by atoms with Crippen molar-refractivity contribution >= 4 is 27.5 Å². The quantitative estimate of drug-likeness (QED) is 0.465. The summed E-state index contributed by atoms with van der Waals surface area (Å²) in [6, 6.07) is 17.7. The van der Waals surface area contributed by atoms with E-state index in [1.54, 1.807) is 18.2 Å². The van der Waals surface area contributed by atoms with E-state index >= 15 is 0 Å². The summed E-state index contributed by atoms with van der Waals surface area (Å²) in [5, 5.41) is 3.03. The van der Waals surface area contributed by atoms with Gasteiger partial charge in [0.2, 0.25) is 22.7 Å². The van der Waals surface area contributed by atoms with E-state index in [0.29, 0.717) is 11.5 Å². The lowest BCUT2D eigenvalue weighted by molar-refractivity contribution is -0.122. The van der Waals surface area contributed by atoms with Crippen LogP contribution in [0.1, 0.15) is 11.1 Å². The third-order valence-electron chi connectivity index (χ3n) is 5.22. The maximum atomic E-state index is 13.2. The minimum absolute atomic E-state index is 0.121. The average Bonchev–Trinajstić information content (AvgIpc) is 3.30. The molecule has 0 saturated carbocycles. The molecule has 0 unspecified atom stereocenters. The fourth-order valence-corrected chi connectivity index (χ4v) is 5.14. The van der Waals surface area contributed by atoms with E-state index < -0.39 is 22.0 Å². The number of nitrogens with one attached hydrogen (secondary N) is 2. The Morgan fingerprint density at radius 1 is 1.03 bits per heavy atom. The maximum absolute atomic E-state index is 13.2. The number of rotatable bonds is 9. The summed E-state index contributed by atoms with van der Waals surface area (Å²) in [4.78, 5) is 13.0. The molecule has 0 fully saturated rings. The van der Waals surface area contributed by atoms with Crippen molar-refractivity contribution in [2.75, 3.05) is 13.9 Å². The Bertz CT molecular complexity index is 1280. The molecule has 10 heteroatoms. The predicted molar refractivity (Wildman–Crippen MR) is 127 cm³/mol. The minimum atomic E-state index is -4.14. The molecule has 0 radical (unpaired) electrons. The van der Waals surface area contributed by atoms with Gasteiger partial charge in [0.1, 0.15) is 16.7 Å². The zero-order chi connectivity index (χ0) is 24.1. The number of halogens is 1. The summed E-state index contributed by atoms with van der Waals surface area (Å²) in [5.41, 5.74) is 1.59. The lowest BCUT2D eigenvalue weighted by Crippen LogP contribution is -2.47. The van der Waals surface area contributed by atoms with Crippen LogP contribution in [-0.2, 0) is 27.8 Å². The van der Waals surface area contributed by atoms with Crippen LogP contribution in [0, 0.1) is 0 Å². The fraction of sp³-hybridized carbons (Fsp3) is 0.208. The Hall–Kier alpha value is -3.27. The van der Waals surface area contributed by atoms with Gasteiger partial charge < -0.3 is 19.5 Å². The van der Waals surface area contributed by atoms with Crippen molar-refractivity contribution in [3.63, 3.8) is 0 Å². The molecule has 1 aliphatic rings. The number of amides is 1. The van der Waals surface area contributed by atoms with E-state index in [9.17, 15) is 13.2 Å². The van der Waals surface area contributed by atoms with Gasteiger partial charge in [0.25, 0.3) is 0 Å². The normalized spacial score (nSPS) is 13.4. The number of carbonyl (C=O) groups excluding carboxylic acids is 1. The maximum Gasteiger partial charge on any atom is 0.245 e. The van der Waals surface area contributed by atoms with E-state index in [0.717, 1.165) is 11.1 Å². The van der Waals surface area contributed by atoms with Gasteiger partial charge >= 0.3 is 0 Å². The molecule has 178 valence electrons. The first-order chi connectivity index (χ1) is 16.4. The molecule has 1 heterocycles. The zero-order valence-corrected chi connectivity index (χ0v) is 19.9. The highest BCUT2D eigenvalue weighted by atomic mass is 35.5. The second kappa shape index (κ2) is 10.3. The summed E-state index contributed by atoms with van der Waals surface area (Å²) in [7, 11) is -2.77. The molecule has 34 heavy (non-hydrogen) atoms. The SMILES string of the molecule is COc1ccc(Cl)cc1S(=O)(=O)N[C@@H](Cc1ccccc1)C(=O)NCc1ccc2c(c1)OCO2. The third-order valence-corrected chi connectivity index (χ3v) is 6.94. The number of benzene rings is 3. The monoisotopic (exact) mass is 502 g/mol. The van der Waals surface area contributed by atoms with Crippen LogP contribution < -0.4 is 24.2 Å². The lowest BCUT2D eigenvalue weighted by Gasteiger charge is -2.20. The van der Waals surface area contributed by atoms with Crippen molar-refractivity contribution in [2.45, 2.75) is 23.9 Å². The van der Waals surface area contributed by atoms with Gasteiger partial charge in [-0.1, -0.05) is 48.0 Å². The number of carbonyl (C=O) groups is 1. The van der Waals surface area contributed by atoms with Crippen molar-refractivity contribution in [3.05, 3.63) is 82.9 Å². The molecule has 1 atom stereocenters. The second-order valence-corrected chi connectivity index (χ2v) is 9.68. The highest BCUT2D eigenvalue weighted by Gasteiger charge is 2.28. The minimum Gasteiger partial charge on any atom is -0.495 e. The van der Waals surface area contributed by atoms with Crippen LogP contribution in [0.15, 0.2) is 71.6 Å². The van der Waals surface area contributed by atoms with Crippen LogP contribution in [0.25, 0.3) is 0 Å². The van der Waals surface area contributed by atoms with E-state index in [2.05, 4.69) is 10.0 Å². The lowest BCUT2D eigenvalue weighted by atomic mass is 10.1. The topological polar surface area (TPSA) is 103 Å². The van der Waals surface area contributed by atoms with Crippen molar-refractivity contribution in [1.29, 1.82) is 0 Å². The molecule has 0 bridgehead atoms. The number of sulfonamides is 1. The summed E-state index contributed by atoms with van der Waals surface area (Å²) in [6.45, 7) is 0.335. The standard InChI is InChI=1S/C24H23ClN2O6S/c1-31-21-10-8-18(25)13-23(21)34(29,30)27-19(11-16-5-3-2-4-6-16)24(28)26-14-17-7-9-20-22(12-17)33-15-32-20/h2-10,12-13,19,27H,11,14-15H2,1H3,(H,26,28)/t19-/m0/s1. The Morgan fingerprint density at radius 3 is 2.56 bits per heavy atom. The predicted octanol–water partition coefficient (Wildman–Crippen LogP) is 3.28. The highest BCUT2D eigenvalue weighted by molar-refractivity contribution is 7.89. The number of hydrogen-bond donors (Lipinski definition) is 2. The van der Waals surface area contributed by atoms with Crippen LogP contribution in [0.3, 0.4) is 0 Å². The molecule has 0 spiro atoms. The molecule has 3 aromatic rings. The molecule has 1 amide bonds. The fourth-order valence-electron chi connectivity index (χ4n) is 3.51. The van der Waals surface area contributed by atoms with Gasteiger partial charge in [0, 0.05) is 11.6 Å². The van der Waals surface area contributed by atoms with Crippen molar-refractivity contribution < 1.29 is 27.4 Å². The van der Waals surface area contributed by atoms with E-state index in [-0.39, 0.29) is 35.4 Å². The van der Waals surface area contributed by atoms with Crippen LogP contribution in [0.2, 0.25) is 5.02 Å². The molecule has 2 N–H and O–H groups in total. The Kier molecular flexibility index (Phi) is 7.26. The van der Waals surface area contributed by atoms with Crippen LogP contribution in [0.5, 0.6) is 17.2 Å². The van der Waals surface area contributed by atoms with Gasteiger partial charge in [-0.2, -0.15) is 4.72 Å². The molecule has 8 nitrogen and oxygen atoms in total. The number of hydrogen-bond acceptors (Lipinski definition) is 6. The first-order valence-electron chi connectivity index (χ1n) is 10.4. The first-order valence-corrected chi connectivity index (χ1v) is 12.3. The van der Waals surface area contributed by atoms with E-state index in [4.69, 9.17) is 25.8 Å². The summed E-state index contributed by atoms with van der Waals surface area (Å²) in [5.74, 6) is 0.879. The average molecular weight is 503 g/mol. The van der Waals surface area contributed by atoms with Gasteiger partial charge in [0.05, 0.1) is 7.11 Å². The Morgan fingerprint density at radius 2 is 1.79 bits per heavy atom. The number of methoxy groups -OCH3 is 1. The molecule has 4 rings (SSSR count).